The highest BCUT2D eigenvalue weighted by atomic mass is 32.1. The molecule has 0 radical (unpaired) electrons. The molecule has 1 aliphatic heterocycles. The molecule has 3 aromatic rings. The van der Waals surface area contributed by atoms with Crippen LogP contribution < -0.4 is 14.8 Å². The Morgan fingerprint density at radius 3 is 2.65 bits per heavy atom. The molecule has 1 aliphatic carbocycles. The Balaban J connectivity index is 1.50. The van der Waals surface area contributed by atoms with Crippen LogP contribution in [0, 0.1) is 6.92 Å². The van der Waals surface area contributed by atoms with Gasteiger partial charge >= 0.3 is 0 Å². The number of thiophene rings is 1. The van der Waals surface area contributed by atoms with Gasteiger partial charge < -0.3 is 24.1 Å². The molecule has 2 aromatic heterocycles. The molecule has 1 atom stereocenters. The lowest BCUT2D eigenvalue weighted by Gasteiger charge is -2.32. The summed E-state index contributed by atoms with van der Waals surface area (Å²) in [7, 11) is 0. The third kappa shape index (κ3) is 4.82. The summed E-state index contributed by atoms with van der Waals surface area (Å²) in [6, 6.07) is 12.0. The van der Waals surface area contributed by atoms with E-state index in [-0.39, 0.29) is 31.2 Å². The maximum absolute atomic E-state index is 13.7. The average molecular weight is 481 g/mol. The van der Waals surface area contributed by atoms with E-state index in [9.17, 15) is 9.59 Å². The number of amides is 2. The molecule has 1 N–H and O–H groups in total. The molecule has 0 saturated heterocycles. The zero-order valence-electron chi connectivity index (χ0n) is 19.1. The number of benzene rings is 1. The monoisotopic (exact) mass is 480 g/mol. The molecule has 34 heavy (non-hydrogen) atoms. The molecule has 3 heterocycles. The van der Waals surface area contributed by atoms with E-state index in [1.165, 1.54) is 17.8 Å². The zero-order valence-corrected chi connectivity index (χ0v) is 19.9. The fourth-order valence-electron chi connectivity index (χ4n) is 4.61. The van der Waals surface area contributed by atoms with Gasteiger partial charge in [0, 0.05) is 12.6 Å². The van der Waals surface area contributed by atoms with E-state index in [1.807, 2.05) is 42.6 Å². The summed E-state index contributed by atoms with van der Waals surface area (Å²) in [6.07, 6.45) is 5.31. The van der Waals surface area contributed by atoms with E-state index in [4.69, 9.17) is 13.9 Å². The van der Waals surface area contributed by atoms with Gasteiger partial charge in [-0.1, -0.05) is 31.4 Å². The molecular weight excluding hydrogens is 452 g/mol. The van der Waals surface area contributed by atoms with Gasteiger partial charge in [-0.15, -0.1) is 11.3 Å². The van der Waals surface area contributed by atoms with E-state index in [1.54, 1.807) is 17.0 Å². The Labute approximate surface area is 202 Å². The molecule has 0 spiro atoms. The van der Waals surface area contributed by atoms with Crippen molar-refractivity contribution in [1.82, 2.24) is 10.2 Å². The minimum absolute atomic E-state index is 0.115. The molecule has 0 unspecified atom stereocenters. The number of nitrogens with one attached hydrogen (secondary N) is 1. The van der Waals surface area contributed by atoms with Gasteiger partial charge in [0.25, 0.3) is 11.8 Å². The predicted octanol–water partition coefficient (Wildman–Crippen LogP) is 5.21. The van der Waals surface area contributed by atoms with Crippen molar-refractivity contribution in [1.29, 1.82) is 0 Å². The first-order valence-electron chi connectivity index (χ1n) is 11.7. The summed E-state index contributed by atoms with van der Waals surface area (Å²) in [5, 5.41) is 5.06. The lowest BCUT2D eigenvalue weighted by Crippen LogP contribution is -2.46. The first-order valence-corrected chi connectivity index (χ1v) is 12.6. The quantitative estimate of drug-likeness (QED) is 0.502. The summed E-state index contributed by atoms with van der Waals surface area (Å²) in [4.78, 5) is 29.6. The second kappa shape index (κ2) is 9.93. The molecule has 2 amide bonds. The van der Waals surface area contributed by atoms with Crippen molar-refractivity contribution in [3.05, 3.63) is 69.8 Å². The number of rotatable bonds is 7. The van der Waals surface area contributed by atoms with Crippen LogP contribution >= 0.6 is 11.3 Å². The second-order valence-electron chi connectivity index (χ2n) is 8.79. The number of aryl methyl sites for hydroxylation is 1. The van der Waals surface area contributed by atoms with Crippen molar-refractivity contribution in [2.45, 2.75) is 57.7 Å². The third-order valence-corrected chi connectivity index (χ3v) is 7.18. The summed E-state index contributed by atoms with van der Waals surface area (Å²) >= 11 is 1.36. The number of hydrogen-bond acceptors (Lipinski definition) is 6. The number of nitrogens with zero attached hydrogens (tertiary/aromatic N) is 1. The van der Waals surface area contributed by atoms with Crippen LogP contribution in [0.1, 0.15) is 64.9 Å². The molecule has 1 fully saturated rings. The zero-order chi connectivity index (χ0) is 23.5. The van der Waals surface area contributed by atoms with Gasteiger partial charge in [0.05, 0.1) is 4.88 Å². The van der Waals surface area contributed by atoms with Crippen LogP contribution in [0.15, 0.2) is 52.3 Å². The van der Waals surface area contributed by atoms with Gasteiger partial charge in [0.2, 0.25) is 6.79 Å². The van der Waals surface area contributed by atoms with Crippen LogP contribution in [0.25, 0.3) is 0 Å². The molecular formula is C26H28N2O5S. The van der Waals surface area contributed by atoms with Crippen molar-refractivity contribution in [3.63, 3.8) is 0 Å². The van der Waals surface area contributed by atoms with Crippen molar-refractivity contribution < 1.29 is 23.5 Å². The van der Waals surface area contributed by atoms with E-state index in [0.29, 0.717) is 27.9 Å². The van der Waals surface area contributed by atoms with Gasteiger partial charge in [-0.05, 0) is 61.0 Å². The summed E-state index contributed by atoms with van der Waals surface area (Å²) in [6.45, 7) is 2.23. The first-order chi connectivity index (χ1) is 16.6. The fourth-order valence-corrected chi connectivity index (χ4v) is 5.29. The highest BCUT2D eigenvalue weighted by Crippen LogP contribution is 2.35. The van der Waals surface area contributed by atoms with Gasteiger partial charge in [0.1, 0.15) is 11.5 Å². The van der Waals surface area contributed by atoms with E-state index in [2.05, 4.69) is 5.32 Å². The highest BCUT2D eigenvalue weighted by Gasteiger charge is 2.36. The summed E-state index contributed by atoms with van der Waals surface area (Å²) in [5.41, 5.74) is 0.841. The third-order valence-electron chi connectivity index (χ3n) is 6.32. The van der Waals surface area contributed by atoms with Crippen LogP contribution in [0.4, 0.5) is 0 Å². The maximum Gasteiger partial charge on any atom is 0.265 e. The highest BCUT2D eigenvalue weighted by molar-refractivity contribution is 7.12. The van der Waals surface area contributed by atoms with Gasteiger partial charge in [-0.25, -0.2) is 0 Å². The van der Waals surface area contributed by atoms with Crippen LogP contribution in [0.2, 0.25) is 0 Å². The number of carbonyl (C=O) groups is 2. The molecule has 5 rings (SSSR count). The lowest BCUT2D eigenvalue weighted by atomic mass is 9.95. The van der Waals surface area contributed by atoms with Gasteiger partial charge in [-0.2, -0.15) is 0 Å². The Hall–Kier alpha value is -3.26. The Morgan fingerprint density at radius 1 is 1.09 bits per heavy atom. The summed E-state index contributed by atoms with van der Waals surface area (Å²) < 4.78 is 16.9. The number of carbonyl (C=O) groups excluding carboxylic acids is 2. The molecule has 178 valence electrons. The molecule has 0 bridgehead atoms. The topological polar surface area (TPSA) is 81.0 Å². The van der Waals surface area contributed by atoms with Crippen molar-refractivity contribution in [3.8, 4) is 11.5 Å². The van der Waals surface area contributed by atoms with Gasteiger partial charge in [0.15, 0.2) is 17.5 Å². The maximum atomic E-state index is 13.7. The molecule has 7 nitrogen and oxygen atoms in total. The number of ether oxygens (including phenoxy) is 2. The van der Waals surface area contributed by atoms with Crippen LogP contribution in [-0.2, 0) is 11.3 Å². The van der Waals surface area contributed by atoms with Gasteiger partial charge in [-0.3, -0.25) is 9.59 Å². The predicted molar refractivity (Wildman–Crippen MR) is 128 cm³/mol. The molecule has 1 saturated carbocycles. The normalized spacial score (nSPS) is 16.3. The van der Waals surface area contributed by atoms with Crippen LogP contribution in [0.3, 0.4) is 0 Å². The molecule has 8 heteroatoms. The van der Waals surface area contributed by atoms with Crippen LogP contribution in [-0.4, -0.2) is 29.5 Å². The largest absolute Gasteiger partial charge is 0.464 e. The SMILES string of the molecule is Cc1ccc([C@H](C(=O)NC2CCCCC2)N(Cc2ccc3c(c2)OCO3)C(=O)c2cccs2)o1. The first kappa shape index (κ1) is 22.5. The van der Waals surface area contributed by atoms with Crippen LogP contribution in [0.5, 0.6) is 11.5 Å². The van der Waals surface area contributed by atoms with Crippen molar-refractivity contribution >= 4 is 23.2 Å². The van der Waals surface area contributed by atoms with Crippen molar-refractivity contribution in [2.75, 3.05) is 6.79 Å². The molecule has 1 aromatic carbocycles. The van der Waals surface area contributed by atoms with E-state index in [0.717, 1.165) is 31.2 Å². The van der Waals surface area contributed by atoms with E-state index >= 15 is 0 Å². The number of furan rings is 1. The van der Waals surface area contributed by atoms with E-state index < -0.39 is 6.04 Å². The minimum Gasteiger partial charge on any atom is -0.464 e. The fraction of sp³-hybridized carbons (Fsp3) is 0.385. The summed E-state index contributed by atoms with van der Waals surface area (Å²) in [5.74, 6) is 2.03. The second-order valence-corrected chi connectivity index (χ2v) is 9.74. The number of hydrogen-bond donors (Lipinski definition) is 1. The minimum atomic E-state index is -0.893. The van der Waals surface area contributed by atoms with Crippen molar-refractivity contribution in [2.24, 2.45) is 0 Å². The molecule has 2 aliphatic rings. The number of fused-ring (bicyclic) bond motifs is 1. The Kier molecular flexibility index (Phi) is 6.58. The Bertz CT molecular complexity index is 1150. The Morgan fingerprint density at radius 2 is 1.91 bits per heavy atom. The average Bonchev–Trinajstić information content (AvgIpc) is 3.61. The lowest BCUT2D eigenvalue weighted by molar-refractivity contribution is -0.127. The standard InChI is InChI=1S/C26H28N2O5S/c1-17-9-11-21(33-17)24(25(29)27-19-6-3-2-4-7-19)28(26(30)23-8-5-13-34-23)15-18-10-12-20-22(14-18)32-16-31-20/h5,8-14,19,24H,2-4,6-7,15-16H2,1H3,(H,27,29)/t24-/m1/s1. The smallest absolute Gasteiger partial charge is 0.265 e.